The molecule has 4 atom stereocenters. The summed E-state index contributed by atoms with van der Waals surface area (Å²) < 4.78 is 28.6. The standard InChI is InChI=1S/C16H15F2N3O/c17-11-6-10(11)7-14(22)15-19-16-12(18)8-13(21(16)20-15)9-4-2-1-3-5-9/h1-5,10-13H,6-8H2/t10?,11-,12?,13?/m0/s1. The molecule has 0 spiro atoms. The monoisotopic (exact) mass is 303 g/mol. The van der Waals surface area contributed by atoms with Crippen LogP contribution in [0.5, 0.6) is 0 Å². The zero-order chi connectivity index (χ0) is 15.3. The third-order valence-corrected chi connectivity index (χ3v) is 4.38. The van der Waals surface area contributed by atoms with Crippen LogP contribution in [-0.4, -0.2) is 26.7 Å². The van der Waals surface area contributed by atoms with Crippen LogP contribution in [0.25, 0.3) is 0 Å². The summed E-state index contributed by atoms with van der Waals surface area (Å²) in [4.78, 5) is 16.1. The van der Waals surface area contributed by atoms with Crippen LogP contribution in [0.2, 0.25) is 0 Å². The van der Waals surface area contributed by atoms with Crippen LogP contribution in [-0.2, 0) is 0 Å². The number of nitrogens with zero attached hydrogens (tertiary/aromatic N) is 3. The Hall–Kier alpha value is -2.11. The summed E-state index contributed by atoms with van der Waals surface area (Å²) in [6.07, 6.45) is -1.29. The third kappa shape index (κ3) is 2.23. The van der Waals surface area contributed by atoms with Crippen molar-refractivity contribution in [3.8, 4) is 0 Å². The maximum absolute atomic E-state index is 14.2. The molecule has 2 heterocycles. The van der Waals surface area contributed by atoms with E-state index in [1.165, 1.54) is 4.68 Å². The Morgan fingerprint density at radius 3 is 2.64 bits per heavy atom. The van der Waals surface area contributed by atoms with E-state index in [2.05, 4.69) is 10.1 Å². The largest absolute Gasteiger partial charge is 0.291 e. The van der Waals surface area contributed by atoms with Gasteiger partial charge in [-0.15, -0.1) is 5.10 Å². The molecule has 1 aliphatic heterocycles. The van der Waals surface area contributed by atoms with Gasteiger partial charge in [0.25, 0.3) is 0 Å². The van der Waals surface area contributed by atoms with Gasteiger partial charge < -0.3 is 0 Å². The number of Topliss-reactive ketones (excluding diaryl/α,β-unsaturated/α-hetero) is 1. The Morgan fingerprint density at radius 1 is 1.23 bits per heavy atom. The van der Waals surface area contributed by atoms with E-state index >= 15 is 0 Å². The van der Waals surface area contributed by atoms with E-state index in [1.807, 2.05) is 30.3 Å². The quantitative estimate of drug-likeness (QED) is 0.815. The Bertz CT molecular complexity index is 715. The molecule has 4 rings (SSSR count). The Labute approximate surface area is 126 Å². The van der Waals surface area contributed by atoms with E-state index in [1.54, 1.807) is 0 Å². The fraction of sp³-hybridized carbons (Fsp3) is 0.438. The molecule has 0 amide bonds. The number of halogens is 2. The summed E-state index contributed by atoms with van der Waals surface area (Å²) in [6.45, 7) is 0. The predicted molar refractivity (Wildman–Crippen MR) is 75.0 cm³/mol. The van der Waals surface area contributed by atoms with Crippen molar-refractivity contribution >= 4 is 5.78 Å². The van der Waals surface area contributed by atoms with Gasteiger partial charge in [0, 0.05) is 18.8 Å². The highest BCUT2D eigenvalue weighted by molar-refractivity contribution is 5.92. The fourth-order valence-corrected chi connectivity index (χ4v) is 3.00. The van der Waals surface area contributed by atoms with Gasteiger partial charge in [-0.3, -0.25) is 4.79 Å². The number of carbonyl (C=O) groups is 1. The first-order chi connectivity index (χ1) is 10.6. The highest BCUT2D eigenvalue weighted by atomic mass is 19.1. The molecular formula is C16H15F2N3O. The number of fused-ring (bicyclic) bond motifs is 1. The summed E-state index contributed by atoms with van der Waals surface area (Å²) in [5, 5.41) is 4.20. The number of ketones is 1. The molecule has 114 valence electrons. The molecule has 0 N–H and O–H groups in total. The van der Waals surface area contributed by atoms with E-state index in [0.717, 1.165) is 5.56 Å². The number of rotatable bonds is 4. The first-order valence-corrected chi connectivity index (χ1v) is 7.46. The van der Waals surface area contributed by atoms with Crippen molar-refractivity contribution in [1.82, 2.24) is 14.8 Å². The lowest BCUT2D eigenvalue weighted by molar-refractivity contribution is 0.0961. The second-order valence-corrected chi connectivity index (χ2v) is 6.01. The normalized spacial score (nSPS) is 29.4. The molecule has 2 aromatic rings. The topological polar surface area (TPSA) is 47.8 Å². The van der Waals surface area contributed by atoms with Crippen LogP contribution >= 0.6 is 0 Å². The highest BCUT2D eigenvalue weighted by Gasteiger charge is 2.41. The van der Waals surface area contributed by atoms with Gasteiger partial charge in [0.1, 0.15) is 6.17 Å². The lowest BCUT2D eigenvalue weighted by Gasteiger charge is -2.11. The predicted octanol–water partition coefficient (Wildman–Crippen LogP) is 3.21. The first kappa shape index (κ1) is 13.5. The molecule has 6 heteroatoms. The van der Waals surface area contributed by atoms with E-state index in [9.17, 15) is 13.6 Å². The van der Waals surface area contributed by atoms with Gasteiger partial charge in [-0.1, -0.05) is 30.3 Å². The fourth-order valence-electron chi connectivity index (χ4n) is 3.00. The van der Waals surface area contributed by atoms with Crippen LogP contribution in [0.15, 0.2) is 30.3 Å². The van der Waals surface area contributed by atoms with Crippen LogP contribution in [0.1, 0.15) is 53.5 Å². The van der Waals surface area contributed by atoms with Crippen molar-refractivity contribution in [3.05, 3.63) is 47.5 Å². The van der Waals surface area contributed by atoms with Crippen molar-refractivity contribution < 1.29 is 13.6 Å². The maximum Gasteiger partial charge on any atom is 0.217 e. The van der Waals surface area contributed by atoms with E-state index < -0.39 is 12.3 Å². The van der Waals surface area contributed by atoms with Crippen LogP contribution in [0.4, 0.5) is 8.78 Å². The van der Waals surface area contributed by atoms with Crippen molar-refractivity contribution in [2.75, 3.05) is 0 Å². The summed E-state index contributed by atoms with van der Waals surface area (Å²) in [5.41, 5.74) is 0.943. The molecule has 22 heavy (non-hydrogen) atoms. The van der Waals surface area contributed by atoms with Gasteiger partial charge in [-0.05, 0) is 12.0 Å². The van der Waals surface area contributed by atoms with Crippen molar-refractivity contribution in [2.24, 2.45) is 5.92 Å². The average Bonchev–Trinajstić information content (AvgIpc) is 2.95. The second-order valence-electron chi connectivity index (χ2n) is 6.01. The van der Waals surface area contributed by atoms with E-state index in [0.29, 0.717) is 6.42 Å². The summed E-state index contributed by atoms with van der Waals surface area (Å²) in [6, 6.07) is 9.25. The summed E-state index contributed by atoms with van der Waals surface area (Å²) >= 11 is 0. The SMILES string of the molecule is O=C(CC1C[C@@H]1F)c1nc2n(n1)C(c1ccccc1)CC2F. The van der Waals surface area contributed by atoms with Crippen LogP contribution < -0.4 is 0 Å². The van der Waals surface area contributed by atoms with Crippen LogP contribution in [0, 0.1) is 5.92 Å². The molecule has 1 aliphatic carbocycles. The molecule has 0 saturated heterocycles. The number of alkyl halides is 2. The lowest BCUT2D eigenvalue weighted by Crippen LogP contribution is -2.10. The Morgan fingerprint density at radius 2 is 1.95 bits per heavy atom. The van der Waals surface area contributed by atoms with Gasteiger partial charge in [0.05, 0.1) is 6.04 Å². The lowest BCUT2D eigenvalue weighted by atomic mass is 10.0. The Balaban J connectivity index is 1.61. The molecule has 1 aromatic carbocycles. The van der Waals surface area contributed by atoms with Gasteiger partial charge in [-0.25, -0.2) is 18.4 Å². The second kappa shape index (κ2) is 4.97. The van der Waals surface area contributed by atoms with Crippen molar-refractivity contribution in [3.63, 3.8) is 0 Å². The highest BCUT2D eigenvalue weighted by Crippen LogP contribution is 2.40. The number of carbonyl (C=O) groups excluding carboxylic acids is 1. The third-order valence-electron chi connectivity index (χ3n) is 4.38. The number of aromatic nitrogens is 3. The van der Waals surface area contributed by atoms with E-state index in [-0.39, 0.29) is 42.2 Å². The number of benzene rings is 1. The zero-order valence-corrected chi connectivity index (χ0v) is 11.8. The molecule has 3 unspecified atom stereocenters. The van der Waals surface area contributed by atoms with E-state index in [4.69, 9.17) is 0 Å². The maximum atomic E-state index is 14.2. The molecule has 0 bridgehead atoms. The Kier molecular flexibility index (Phi) is 3.06. The van der Waals surface area contributed by atoms with Gasteiger partial charge in [0.2, 0.25) is 11.6 Å². The zero-order valence-electron chi connectivity index (χ0n) is 11.8. The smallest absolute Gasteiger partial charge is 0.217 e. The minimum atomic E-state index is -1.23. The minimum Gasteiger partial charge on any atom is -0.291 e. The molecular weight excluding hydrogens is 288 g/mol. The number of hydrogen-bond donors (Lipinski definition) is 0. The first-order valence-electron chi connectivity index (χ1n) is 7.46. The van der Waals surface area contributed by atoms with Crippen molar-refractivity contribution in [2.45, 2.75) is 37.6 Å². The van der Waals surface area contributed by atoms with Gasteiger partial charge in [0.15, 0.2) is 12.0 Å². The molecule has 1 saturated carbocycles. The van der Waals surface area contributed by atoms with Gasteiger partial charge >= 0.3 is 0 Å². The summed E-state index contributed by atoms with van der Waals surface area (Å²) in [5.74, 6) is -0.301. The van der Waals surface area contributed by atoms with Crippen molar-refractivity contribution in [1.29, 1.82) is 0 Å². The van der Waals surface area contributed by atoms with Gasteiger partial charge in [-0.2, -0.15) is 0 Å². The molecule has 1 aromatic heterocycles. The van der Waals surface area contributed by atoms with Crippen LogP contribution in [0.3, 0.4) is 0 Å². The number of hydrogen-bond acceptors (Lipinski definition) is 3. The average molecular weight is 303 g/mol. The molecule has 0 radical (unpaired) electrons. The summed E-state index contributed by atoms with van der Waals surface area (Å²) in [7, 11) is 0. The molecule has 4 nitrogen and oxygen atoms in total. The molecule has 2 aliphatic rings. The molecule has 1 fully saturated rings. The minimum absolute atomic E-state index is 0.0115.